The minimum Gasteiger partial charge on any atom is -0.508 e. The second-order valence-electron chi connectivity index (χ2n) is 7.54. The molecule has 1 amide bonds. The Morgan fingerprint density at radius 1 is 1.31 bits per heavy atom. The fraction of sp³-hybridized carbons (Fsp3) is 0.333. The molecule has 5 heteroatoms. The predicted molar refractivity (Wildman–Crippen MR) is 105 cm³/mol. The molecule has 0 radical (unpaired) electrons. The number of nitrogens with one attached hydrogen (secondary N) is 1. The number of fused-ring (bicyclic) bond motifs is 1. The number of aromatic hydroxyl groups is 1. The lowest BCUT2D eigenvalue weighted by atomic mass is 9.80. The number of hydrogen-bond donors (Lipinski definition) is 2. The number of hydrogen-bond acceptors (Lipinski definition) is 4. The van der Waals surface area contributed by atoms with Crippen molar-refractivity contribution in [2.24, 2.45) is 5.10 Å². The van der Waals surface area contributed by atoms with Gasteiger partial charge >= 0.3 is 0 Å². The van der Waals surface area contributed by atoms with Crippen molar-refractivity contribution in [3.63, 3.8) is 0 Å². The number of benzene rings is 2. The van der Waals surface area contributed by atoms with Crippen molar-refractivity contribution >= 4 is 17.8 Å². The van der Waals surface area contributed by atoms with Crippen LogP contribution in [0.3, 0.4) is 0 Å². The summed E-state index contributed by atoms with van der Waals surface area (Å²) in [4.78, 5) is 14.4. The molecule has 0 saturated carbocycles. The lowest BCUT2D eigenvalue weighted by Gasteiger charge is -2.45. The van der Waals surface area contributed by atoms with Crippen molar-refractivity contribution in [2.45, 2.75) is 38.6 Å². The molecule has 2 aromatic carbocycles. The number of carbonyl (C=O) groups is 1. The lowest BCUT2D eigenvalue weighted by Crippen LogP contribution is -2.45. The number of phenols is 1. The zero-order valence-corrected chi connectivity index (χ0v) is 15.7. The molecule has 5 nitrogen and oxygen atoms in total. The third-order valence-electron chi connectivity index (χ3n) is 5.15. The Kier molecular flexibility index (Phi) is 4.72. The molecular weight excluding hydrogens is 326 g/mol. The van der Waals surface area contributed by atoms with Crippen molar-refractivity contribution < 1.29 is 9.90 Å². The van der Waals surface area contributed by atoms with E-state index >= 15 is 0 Å². The summed E-state index contributed by atoms with van der Waals surface area (Å²) >= 11 is 0. The fourth-order valence-electron chi connectivity index (χ4n) is 3.55. The number of carbonyl (C=O) groups excluding carboxylic acids is 1. The first kappa shape index (κ1) is 18.0. The summed E-state index contributed by atoms with van der Waals surface area (Å²) in [5.74, 6) is 0.161. The van der Waals surface area contributed by atoms with Gasteiger partial charge in [-0.15, -0.1) is 0 Å². The molecule has 1 atom stereocenters. The summed E-state index contributed by atoms with van der Waals surface area (Å²) in [6, 6.07) is 12.4. The maximum atomic E-state index is 12.0. The molecule has 1 heterocycles. The first-order chi connectivity index (χ1) is 12.3. The van der Waals surface area contributed by atoms with Gasteiger partial charge in [-0.2, -0.15) is 5.10 Å². The van der Waals surface area contributed by atoms with Crippen molar-refractivity contribution in [2.75, 3.05) is 11.9 Å². The number of phenolic OH excluding ortho intramolecular Hbond substituents is 1. The Morgan fingerprint density at radius 2 is 2.08 bits per heavy atom. The maximum Gasteiger partial charge on any atom is 0.271 e. The molecular formula is C21H25N3O2. The van der Waals surface area contributed by atoms with Gasteiger partial charge in [0, 0.05) is 23.8 Å². The van der Waals surface area contributed by atoms with Crippen LogP contribution in [0.1, 0.15) is 54.6 Å². The quantitative estimate of drug-likeness (QED) is 0.651. The smallest absolute Gasteiger partial charge is 0.271 e. The molecule has 0 fully saturated rings. The number of amides is 1. The minimum absolute atomic E-state index is 0.0531. The Bertz CT molecular complexity index is 858. The Hall–Kier alpha value is -2.82. The SMILES string of the molecule is CC1CC(C)(C)N(C)c2ccc(/C=N/NC(=O)c3cccc(O)c3)cc21. The summed E-state index contributed by atoms with van der Waals surface area (Å²) < 4.78 is 0. The van der Waals surface area contributed by atoms with E-state index in [0.29, 0.717) is 11.5 Å². The molecule has 1 aliphatic heterocycles. The first-order valence-corrected chi connectivity index (χ1v) is 8.78. The van der Waals surface area contributed by atoms with Gasteiger partial charge in [-0.3, -0.25) is 4.79 Å². The molecule has 0 aliphatic carbocycles. The van der Waals surface area contributed by atoms with Gasteiger partial charge in [0.2, 0.25) is 0 Å². The van der Waals surface area contributed by atoms with Crippen LogP contribution < -0.4 is 10.3 Å². The molecule has 1 aliphatic rings. The Labute approximate surface area is 154 Å². The van der Waals surface area contributed by atoms with E-state index < -0.39 is 0 Å². The molecule has 3 rings (SSSR count). The highest BCUT2D eigenvalue weighted by Gasteiger charge is 2.33. The molecule has 2 N–H and O–H groups in total. The summed E-state index contributed by atoms with van der Waals surface area (Å²) in [7, 11) is 2.13. The highest BCUT2D eigenvalue weighted by atomic mass is 16.3. The molecule has 0 saturated heterocycles. The number of hydrazone groups is 1. The Morgan fingerprint density at radius 3 is 2.81 bits per heavy atom. The van der Waals surface area contributed by atoms with E-state index in [-0.39, 0.29) is 17.2 Å². The molecule has 2 aromatic rings. The average Bonchev–Trinajstić information content (AvgIpc) is 2.59. The van der Waals surface area contributed by atoms with Gasteiger partial charge in [0.05, 0.1) is 6.21 Å². The van der Waals surface area contributed by atoms with Crippen LogP contribution in [-0.4, -0.2) is 29.8 Å². The number of rotatable bonds is 3. The molecule has 26 heavy (non-hydrogen) atoms. The van der Waals surface area contributed by atoms with Crippen molar-refractivity contribution in [1.29, 1.82) is 0 Å². The van der Waals surface area contributed by atoms with Crippen molar-refractivity contribution in [3.05, 3.63) is 59.2 Å². The van der Waals surface area contributed by atoms with Gasteiger partial charge in [-0.1, -0.05) is 19.1 Å². The zero-order chi connectivity index (χ0) is 18.9. The predicted octanol–water partition coefficient (Wildman–Crippen LogP) is 3.88. The number of nitrogens with zero attached hydrogens (tertiary/aromatic N) is 2. The second kappa shape index (κ2) is 6.83. The monoisotopic (exact) mass is 351 g/mol. The highest BCUT2D eigenvalue weighted by Crippen LogP contribution is 2.42. The van der Waals surface area contributed by atoms with Gasteiger partial charge in [0.25, 0.3) is 5.91 Å². The topological polar surface area (TPSA) is 64.9 Å². The van der Waals surface area contributed by atoms with Crippen LogP contribution in [0.2, 0.25) is 0 Å². The van der Waals surface area contributed by atoms with E-state index in [1.165, 1.54) is 23.4 Å². The zero-order valence-electron chi connectivity index (χ0n) is 15.7. The van der Waals surface area contributed by atoms with E-state index in [2.05, 4.69) is 55.4 Å². The molecule has 0 spiro atoms. The van der Waals surface area contributed by atoms with Crippen LogP contribution in [0.25, 0.3) is 0 Å². The third-order valence-corrected chi connectivity index (χ3v) is 5.15. The van der Waals surface area contributed by atoms with E-state index in [9.17, 15) is 9.90 Å². The Balaban J connectivity index is 1.74. The van der Waals surface area contributed by atoms with Crippen LogP contribution in [0.15, 0.2) is 47.6 Å². The minimum atomic E-state index is -0.357. The highest BCUT2D eigenvalue weighted by molar-refractivity contribution is 5.95. The fourth-order valence-corrected chi connectivity index (χ4v) is 3.55. The second-order valence-corrected chi connectivity index (χ2v) is 7.54. The molecule has 0 bridgehead atoms. The van der Waals surface area contributed by atoms with E-state index in [1.54, 1.807) is 18.3 Å². The van der Waals surface area contributed by atoms with Crippen LogP contribution in [0.5, 0.6) is 5.75 Å². The van der Waals surface area contributed by atoms with Crippen molar-refractivity contribution in [1.82, 2.24) is 5.43 Å². The molecule has 136 valence electrons. The van der Waals surface area contributed by atoms with Gasteiger partial charge in [-0.25, -0.2) is 5.43 Å². The largest absolute Gasteiger partial charge is 0.508 e. The summed E-state index contributed by atoms with van der Waals surface area (Å²) in [6.07, 6.45) is 2.73. The van der Waals surface area contributed by atoms with Crippen LogP contribution in [0, 0.1) is 0 Å². The third kappa shape index (κ3) is 3.57. The lowest BCUT2D eigenvalue weighted by molar-refractivity contribution is 0.0954. The standard InChI is InChI=1S/C21H25N3O2/c1-14-12-21(2,3)24(4)19-9-8-15(10-18(14)19)13-22-23-20(26)16-6-5-7-17(25)11-16/h5-11,13-14,25H,12H2,1-4H3,(H,23,26)/b22-13+. The number of anilines is 1. The normalized spacial score (nSPS) is 18.6. The summed E-state index contributed by atoms with van der Waals surface area (Å²) in [6.45, 7) is 6.77. The molecule has 1 unspecified atom stereocenters. The van der Waals surface area contributed by atoms with Gasteiger partial charge < -0.3 is 10.0 Å². The van der Waals surface area contributed by atoms with E-state index in [0.717, 1.165) is 12.0 Å². The summed E-state index contributed by atoms with van der Waals surface area (Å²) in [5.41, 5.74) is 6.49. The van der Waals surface area contributed by atoms with Gasteiger partial charge in [-0.05, 0) is 67.6 Å². The molecule has 0 aromatic heterocycles. The van der Waals surface area contributed by atoms with Crippen LogP contribution in [-0.2, 0) is 0 Å². The maximum absolute atomic E-state index is 12.0. The average molecular weight is 351 g/mol. The first-order valence-electron chi connectivity index (χ1n) is 8.78. The van der Waals surface area contributed by atoms with E-state index in [1.807, 2.05) is 6.07 Å². The van der Waals surface area contributed by atoms with Gasteiger partial charge in [0.1, 0.15) is 5.75 Å². The van der Waals surface area contributed by atoms with Gasteiger partial charge in [0.15, 0.2) is 0 Å². The van der Waals surface area contributed by atoms with E-state index in [4.69, 9.17) is 0 Å². The van der Waals surface area contributed by atoms with Crippen LogP contribution in [0.4, 0.5) is 5.69 Å². The van der Waals surface area contributed by atoms with Crippen LogP contribution >= 0.6 is 0 Å². The van der Waals surface area contributed by atoms with Crippen molar-refractivity contribution in [3.8, 4) is 5.75 Å². The summed E-state index contributed by atoms with van der Waals surface area (Å²) in [5, 5.41) is 13.5.